The second-order valence-electron chi connectivity index (χ2n) is 3.34. The zero-order valence-electron chi connectivity index (χ0n) is 9.38. The van der Waals surface area contributed by atoms with Gasteiger partial charge in [-0.15, -0.1) is 0 Å². The zero-order chi connectivity index (χ0) is 13.8. The van der Waals surface area contributed by atoms with Crippen molar-refractivity contribution in [3.05, 3.63) is 28.2 Å². The molecule has 0 bridgehead atoms. The fourth-order valence-corrected chi connectivity index (χ4v) is 1.95. The molecule has 100 valence electrons. The highest BCUT2D eigenvalue weighted by Gasteiger charge is 2.27. The van der Waals surface area contributed by atoms with Gasteiger partial charge in [-0.25, -0.2) is 0 Å². The molecule has 0 N–H and O–H groups in total. The Kier molecular flexibility index (Phi) is 5.52. The van der Waals surface area contributed by atoms with Gasteiger partial charge in [0.25, 0.3) is 0 Å². The number of carbonyl (C=O) groups excluding carboxylic acids is 1. The molecule has 18 heavy (non-hydrogen) atoms. The highest BCUT2D eigenvalue weighted by Crippen LogP contribution is 2.30. The van der Waals surface area contributed by atoms with Gasteiger partial charge in [-0.2, -0.15) is 13.2 Å². The molecule has 1 aromatic carbocycles. The number of benzene rings is 1. The van der Waals surface area contributed by atoms with Crippen molar-refractivity contribution in [1.29, 1.82) is 0 Å². The molecule has 0 fully saturated rings. The molecule has 0 unspecified atom stereocenters. The fourth-order valence-electron chi connectivity index (χ4n) is 1.22. The van der Waals surface area contributed by atoms with Gasteiger partial charge in [0, 0.05) is 10.2 Å². The first-order valence-electron chi connectivity index (χ1n) is 4.93. The summed E-state index contributed by atoms with van der Waals surface area (Å²) in [4.78, 5) is 11.3. The number of hydrogen-bond acceptors (Lipinski definition) is 3. The van der Waals surface area contributed by atoms with Crippen molar-refractivity contribution in [2.24, 2.45) is 0 Å². The Morgan fingerprint density at radius 3 is 2.67 bits per heavy atom. The van der Waals surface area contributed by atoms with Crippen LogP contribution in [-0.2, 0) is 0 Å². The van der Waals surface area contributed by atoms with E-state index in [-0.39, 0.29) is 29.9 Å². The average molecular weight is 343 g/mol. The van der Waals surface area contributed by atoms with Crippen LogP contribution in [-0.4, -0.2) is 23.7 Å². The van der Waals surface area contributed by atoms with Crippen LogP contribution in [0, 0.1) is 0 Å². The Hall–Kier alpha value is -0.690. The number of carbonyl (C=O) groups is 1. The summed E-state index contributed by atoms with van der Waals surface area (Å²) in [5, 5.41) is 0. The molecule has 0 radical (unpaired) electrons. The molecular weight excluding hydrogens is 333 g/mol. The Morgan fingerprint density at radius 2 is 2.11 bits per heavy atom. The minimum absolute atomic E-state index is 0.110. The Morgan fingerprint density at radius 1 is 1.44 bits per heavy atom. The lowest BCUT2D eigenvalue weighted by Gasteiger charge is -2.11. The van der Waals surface area contributed by atoms with Crippen molar-refractivity contribution in [3.63, 3.8) is 0 Å². The molecule has 0 amide bonds. The number of hydrogen-bond donors (Lipinski definition) is 0. The first-order valence-corrected chi connectivity index (χ1v) is 6.71. The lowest BCUT2D eigenvalue weighted by Crippen LogP contribution is -2.09. The molecule has 1 rings (SSSR count). The van der Waals surface area contributed by atoms with Gasteiger partial charge in [0.15, 0.2) is 5.78 Å². The van der Waals surface area contributed by atoms with Crippen LogP contribution in [0.4, 0.5) is 13.2 Å². The third-order valence-electron chi connectivity index (χ3n) is 1.93. The summed E-state index contributed by atoms with van der Waals surface area (Å²) in [7, 11) is 0. The van der Waals surface area contributed by atoms with Gasteiger partial charge in [0.1, 0.15) is 5.75 Å². The van der Waals surface area contributed by atoms with Crippen molar-refractivity contribution in [2.45, 2.75) is 12.4 Å². The van der Waals surface area contributed by atoms with Crippen molar-refractivity contribution < 1.29 is 22.7 Å². The summed E-state index contributed by atoms with van der Waals surface area (Å²) < 4.78 is 41.6. The first kappa shape index (κ1) is 15.4. The standard InChI is InChI=1S/C11H10BrF3O2S/c1-7(16)9-3-2-8(12)6-10(9)17-4-5-18-11(13,14)15/h2-3,6H,4-5H2,1H3. The van der Waals surface area contributed by atoms with E-state index >= 15 is 0 Å². The largest absolute Gasteiger partial charge is 0.492 e. The van der Waals surface area contributed by atoms with E-state index in [9.17, 15) is 18.0 Å². The monoisotopic (exact) mass is 342 g/mol. The van der Waals surface area contributed by atoms with Crippen molar-refractivity contribution >= 4 is 33.5 Å². The molecule has 7 heteroatoms. The van der Waals surface area contributed by atoms with Crippen LogP contribution in [0.5, 0.6) is 5.75 Å². The van der Waals surface area contributed by atoms with Crippen LogP contribution in [0.2, 0.25) is 0 Å². The second-order valence-corrected chi connectivity index (χ2v) is 5.41. The van der Waals surface area contributed by atoms with E-state index in [4.69, 9.17) is 4.74 Å². The lowest BCUT2D eigenvalue weighted by atomic mass is 10.1. The summed E-state index contributed by atoms with van der Waals surface area (Å²) in [5.74, 6) is -0.117. The van der Waals surface area contributed by atoms with Crippen LogP contribution in [0.1, 0.15) is 17.3 Å². The molecule has 0 aromatic heterocycles. The van der Waals surface area contributed by atoms with E-state index in [1.54, 1.807) is 18.2 Å². The van der Waals surface area contributed by atoms with E-state index in [1.165, 1.54) is 6.92 Å². The van der Waals surface area contributed by atoms with Crippen molar-refractivity contribution in [1.82, 2.24) is 0 Å². The third kappa shape index (κ3) is 5.30. The maximum atomic E-state index is 11.9. The summed E-state index contributed by atoms with van der Waals surface area (Å²) in [6.45, 7) is 1.27. The van der Waals surface area contributed by atoms with Crippen LogP contribution >= 0.6 is 27.7 Å². The highest BCUT2D eigenvalue weighted by atomic mass is 79.9. The molecule has 0 aliphatic rings. The molecule has 0 aliphatic carbocycles. The minimum Gasteiger partial charge on any atom is -0.492 e. The van der Waals surface area contributed by atoms with Gasteiger partial charge >= 0.3 is 5.51 Å². The first-order chi connectivity index (χ1) is 8.29. The second kappa shape index (κ2) is 6.47. The summed E-state index contributed by atoms with van der Waals surface area (Å²) in [5.41, 5.74) is -3.90. The molecule has 0 spiro atoms. The molecule has 0 heterocycles. The molecular formula is C11H10BrF3O2S. The van der Waals surface area contributed by atoms with Gasteiger partial charge < -0.3 is 4.74 Å². The highest BCUT2D eigenvalue weighted by molar-refractivity contribution is 9.10. The van der Waals surface area contributed by atoms with Crippen LogP contribution in [0.15, 0.2) is 22.7 Å². The van der Waals surface area contributed by atoms with Crippen LogP contribution in [0.25, 0.3) is 0 Å². The molecule has 0 saturated carbocycles. The molecule has 0 aliphatic heterocycles. The minimum atomic E-state index is -4.26. The Labute approximate surface area is 115 Å². The van der Waals surface area contributed by atoms with E-state index in [0.717, 1.165) is 0 Å². The molecule has 2 nitrogen and oxygen atoms in total. The SMILES string of the molecule is CC(=O)c1ccc(Br)cc1OCCSC(F)(F)F. The predicted molar refractivity (Wildman–Crippen MR) is 68.2 cm³/mol. The van der Waals surface area contributed by atoms with E-state index in [1.807, 2.05) is 0 Å². The average Bonchev–Trinajstić information content (AvgIpc) is 2.22. The third-order valence-corrected chi connectivity index (χ3v) is 3.12. The maximum Gasteiger partial charge on any atom is 0.441 e. The molecule has 0 saturated heterocycles. The topological polar surface area (TPSA) is 26.3 Å². The summed E-state index contributed by atoms with van der Waals surface area (Å²) in [6.07, 6.45) is 0. The molecule has 1 aromatic rings. The fraction of sp³-hybridized carbons (Fsp3) is 0.364. The number of alkyl halides is 3. The normalized spacial score (nSPS) is 11.4. The van der Waals surface area contributed by atoms with Crippen molar-refractivity contribution in [2.75, 3.05) is 12.4 Å². The van der Waals surface area contributed by atoms with E-state index < -0.39 is 5.51 Å². The Bertz CT molecular complexity index is 435. The summed E-state index contributed by atoms with van der Waals surface area (Å²) in [6, 6.07) is 4.81. The number of rotatable bonds is 5. The molecule has 0 atom stereocenters. The number of thioether (sulfide) groups is 1. The van der Waals surface area contributed by atoms with Crippen LogP contribution < -0.4 is 4.74 Å². The van der Waals surface area contributed by atoms with E-state index in [0.29, 0.717) is 15.8 Å². The van der Waals surface area contributed by atoms with Gasteiger partial charge in [-0.3, -0.25) is 4.79 Å². The van der Waals surface area contributed by atoms with Crippen molar-refractivity contribution in [3.8, 4) is 5.75 Å². The lowest BCUT2D eigenvalue weighted by molar-refractivity contribution is -0.0329. The summed E-state index contributed by atoms with van der Waals surface area (Å²) >= 11 is 3.06. The number of ketones is 1. The van der Waals surface area contributed by atoms with E-state index in [2.05, 4.69) is 15.9 Å². The van der Waals surface area contributed by atoms with Gasteiger partial charge in [0.2, 0.25) is 0 Å². The smallest absolute Gasteiger partial charge is 0.441 e. The van der Waals surface area contributed by atoms with Gasteiger partial charge in [-0.1, -0.05) is 15.9 Å². The Balaban J connectivity index is 2.61. The number of halogens is 4. The predicted octanol–water partition coefficient (Wildman–Crippen LogP) is 4.28. The maximum absolute atomic E-state index is 11.9. The van der Waals surface area contributed by atoms with Gasteiger partial charge in [-0.05, 0) is 36.9 Å². The van der Waals surface area contributed by atoms with Gasteiger partial charge in [0.05, 0.1) is 12.2 Å². The number of Topliss-reactive ketones (excluding diaryl/α,β-unsaturated/α-hetero) is 1. The quantitative estimate of drug-likeness (QED) is 0.590. The number of ether oxygens (including phenoxy) is 1. The zero-order valence-corrected chi connectivity index (χ0v) is 11.8. The van der Waals surface area contributed by atoms with Crippen LogP contribution in [0.3, 0.4) is 0 Å².